The number of likely N-dealkylation sites (tertiary alicyclic amines) is 1. The summed E-state index contributed by atoms with van der Waals surface area (Å²) in [4.78, 5) is 14.2. The van der Waals surface area contributed by atoms with Gasteiger partial charge in [-0.1, -0.05) is 19.4 Å². The molecule has 0 bridgehead atoms. The van der Waals surface area contributed by atoms with Gasteiger partial charge in [-0.15, -0.1) is 0 Å². The van der Waals surface area contributed by atoms with Crippen LogP contribution in [0.4, 0.5) is 0 Å². The first-order valence-electron chi connectivity index (χ1n) is 9.33. The van der Waals surface area contributed by atoms with E-state index in [1.54, 1.807) is 7.11 Å². The van der Waals surface area contributed by atoms with Gasteiger partial charge in [-0.2, -0.15) is 0 Å². The first-order chi connectivity index (χ1) is 11.7. The van der Waals surface area contributed by atoms with Crippen molar-refractivity contribution in [3.05, 3.63) is 23.8 Å². The van der Waals surface area contributed by atoms with Crippen molar-refractivity contribution in [3.63, 3.8) is 0 Å². The van der Waals surface area contributed by atoms with Crippen molar-refractivity contribution >= 4 is 5.91 Å². The second kappa shape index (κ2) is 7.91. The van der Waals surface area contributed by atoms with Crippen LogP contribution in [0, 0.1) is 0 Å². The highest BCUT2D eigenvalue weighted by molar-refractivity contribution is 5.79. The van der Waals surface area contributed by atoms with Crippen LogP contribution < -0.4 is 9.47 Å². The lowest BCUT2D eigenvalue weighted by molar-refractivity contribution is -0.127. The van der Waals surface area contributed by atoms with Gasteiger partial charge in [0.2, 0.25) is 5.91 Å². The maximum Gasteiger partial charge on any atom is 0.223 e. The lowest BCUT2D eigenvalue weighted by Gasteiger charge is -2.19. The van der Waals surface area contributed by atoms with Crippen LogP contribution in [-0.4, -0.2) is 37.1 Å². The van der Waals surface area contributed by atoms with Crippen molar-refractivity contribution < 1.29 is 14.3 Å². The number of ether oxygens (including phenoxy) is 2. The standard InChI is InChI=1S/C20H29NO3/c1-3-4-11-21-14-16(13-20(21)22)15-9-10-18(23-2)19(12-15)24-17-7-5-6-8-17/h9-10,12,16-17H,3-8,11,13-14H2,1-2H3/t16-/m1/s1. The topological polar surface area (TPSA) is 38.8 Å². The van der Waals surface area contributed by atoms with Crippen LogP contribution in [0.15, 0.2) is 18.2 Å². The summed E-state index contributed by atoms with van der Waals surface area (Å²) in [6.07, 6.45) is 7.86. The molecule has 0 unspecified atom stereocenters. The van der Waals surface area contributed by atoms with Crippen LogP contribution in [0.2, 0.25) is 0 Å². The molecule has 132 valence electrons. The molecule has 1 aliphatic carbocycles. The fourth-order valence-electron chi connectivity index (χ4n) is 3.79. The van der Waals surface area contributed by atoms with Gasteiger partial charge in [0, 0.05) is 25.4 Å². The molecule has 1 heterocycles. The van der Waals surface area contributed by atoms with E-state index in [0.717, 1.165) is 50.3 Å². The summed E-state index contributed by atoms with van der Waals surface area (Å²) in [7, 11) is 1.68. The first kappa shape index (κ1) is 17.1. The van der Waals surface area contributed by atoms with Crippen molar-refractivity contribution in [1.82, 2.24) is 4.90 Å². The lowest BCUT2D eigenvalue weighted by Crippen LogP contribution is -2.26. The van der Waals surface area contributed by atoms with Crippen LogP contribution in [-0.2, 0) is 4.79 Å². The van der Waals surface area contributed by atoms with E-state index in [0.29, 0.717) is 12.5 Å². The summed E-state index contributed by atoms with van der Waals surface area (Å²) in [5, 5.41) is 0. The maximum atomic E-state index is 12.2. The van der Waals surface area contributed by atoms with Gasteiger partial charge in [-0.25, -0.2) is 0 Å². The Bertz CT molecular complexity index is 566. The summed E-state index contributed by atoms with van der Waals surface area (Å²) in [6.45, 7) is 3.87. The third kappa shape index (κ3) is 3.85. The molecule has 1 aromatic rings. The number of carbonyl (C=O) groups excluding carboxylic acids is 1. The molecule has 2 fully saturated rings. The summed E-state index contributed by atoms with van der Waals surface area (Å²) in [5.41, 5.74) is 1.19. The Balaban J connectivity index is 1.72. The molecule has 1 amide bonds. The van der Waals surface area contributed by atoms with E-state index in [1.807, 2.05) is 11.0 Å². The number of rotatable bonds is 7. The minimum Gasteiger partial charge on any atom is -0.493 e. The first-order valence-corrected chi connectivity index (χ1v) is 9.33. The van der Waals surface area contributed by atoms with Gasteiger partial charge in [-0.3, -0.25) is 4.79 Å². The second-order valence-corrected chi connectivity index (χ2v) is 7.03. The Morgan fingerprint density at radius 3 is 2.71 bits per heavy atom. The van der Waals surface area contributed by atoms with E-state index < -0.39 is 0 Å². The van der Waals surface area contributed by atoms with E-state index in [1.165, 1.54) is 18.4 Å². The molecule has 0 N–H and O–H groups in total. The molecule has 24 heavy (non-hydrogen) atoms. The van der Waals surface area contributed by atoms with Gasteiger partial charge in [0.25, 0.3) is 0 Å². The van der Waals surface area contributed by atoms with Crippen molar-refractivity contribution in [3.8, 4) is 11.5 Å². The lowest BCUT2D eigenvalue weighted by atomic mass is 9.98. The third-order valence-electron chi connectivity index (χ3n) is 5.25. The Labute approximate surface area is 145 Å². The van der Waals surface area contributed by atoms with E-state index in [-0.39, 0.29) is 11.8 Å². The Kier molecular flexibility index (Phi) is 5.64. The average molecular weight is 331 g/mol. The van der Waals surface area contributed by atoms with Gasteiger partial charge in [0.05, 0.1) is 13.2 Å². The fourth-order valence-corrected chi connectivity index (χ4v) is 3.79. The van der Waals surface area contributed by atoms with Crippen LogP contribution in [0.3, 0.4) is 0 Å². The Hall–Kier alpha value is -1.71. The highest BCUT2D eigenvalue weighted by atomic mass is 16.5. The van der Waals surface area contributed by atoms with Gasteiger partial charge < -0.3 is 14.4 Å². The number of hydrogen-bond donors (Lipinski definition) is 0. The maximum absolute atomic E-state index is 12.2. The molecule has 0 aromatic heterocycles. The van der Waals surface area contributed by atoms with Crippen molar-refractivity contribution in [2.75, 3.05) is 20.2 Å². The molecule has 1 aromatic carbocycles. The minimum atomic E-state index is 0.270. The molecular weight excluding hydrogens is 302 g/mol. The molecule has 1 saturated heterocycles. The zero-order valence-corrected chi connectivity index (χ0v) is 14.9. The third-order valence-corrected chi connectivity index (χ3v) is 5.25. The fraction of sp³-hybridized carbons (Fsp3) is 0.650. The van der Waals surface area contributed by atoms with Crippen LogP contribution >= 0.6 is 0 Å². The van der Waals surface area contributed by atoms with Gasteiger partial charge in [-0.05, 0) is 49.8 Å². The van der Waals surface area contributed by atoms with Gasteiger partial charge >= 0.3 is 0 Å². The number of unbranched alkanes of at least 4 members (excludes halogenated alkanes) is 1. The largest absolute Gasteiger partial charge is 0.493 e. The number of methoxy groups -OCH3 is 1. The molecule has 4 nitrogen and oxygen atoms in total. The zero-order chi connectivity index (χ0) is 16.9. The predicted octanol–water partition coefficient (Wildman–Crippen LogP) is 4.13. The smallest absolute Gasteiger partial charge is 0.223 e. The molecule has 0 radical (unpaired) electrons. The van der Waals surface area contributed by atoms with Gasteiger partial charge in [0.15, 0.2) is 11.5 Å². The molecule has 4 heteroatoms. The molecule has 3 rings (SSSR count). The predicted molar refractivity (Wildman–Crippen MR) is 94.7 cm³/mol. The molecule has 0 spiro atoms. The average Bonchev–Trinajstić information content (AvgIpc) is 3.22. The summed E-state index contributed by atoms with van der Waals surface area (Å²) in [5.74, 6) is 2.17. The highest BCUT2D eigenvalue weighted by Crippen LogP contribution is 2.37. The summed E-state index contributed by atoms with van der Waals surface area (Å²) in [6, 6.07) is 6.17. The quantitative estimate of drug-likeness (QED) is 0.754. The normalized spacial score (nSPS) is 21.5. The minimum absolute atomic E-state index is 0.270. The number of nitrogens with zero attached hydrogens (tertiary/aromatic N) is 1. The summed E-state index contributed by atoms with van der Waals surface area (Å²) < 4.78 is 11.7. The van der Waals surface area contributed by atoms with Crippen LogP contribution in [0.1, 0.15) is 63.4 Å². The highest BCUT2D eigenvalue weighted by Gasteiger charge is 2.30. The SMILES string of the molecule is CCCCN1C[C@H](c2ccc(OC)c(OC3CCCC3)c2)CC1=O. The Morgan fingerprint density at radius 1 is 1.21 bits per heavy atom. The van der Waals surface area contributed by atoms with Crippen molar-refractivity contribution in [2.24, 2.45) is 0 Å². The zero-order valence-electron chi connectivity index (χ0n) is 14.9. The number of hydrogen-bond acceptors (Lipinski definition) is 3. The van der Waals surface area contributed by atoms with Crippen LogP contribution in [0.25, 0.3) is 0 Å². The second-order valence-electron chi connectivity index (χ2n) is 7.03. The van der Waals surface area contributed by atoms with Gasteiger partial charge in [0.1, 0.15) is 0 Å². The Morgan fingerprint density at radius 2 is 2.00 bits per heavy atom. The van der Waals surface area contributed by atoms with Crippen LogP contribution in [0.5, 0.6) is 11.5 Å². The molecular formula is C20H29NO3. The number of amides is 1. The monoisotopic (exact) mass is 331 g/mol. The molecule has 2 aliphatic rings. The van der Waals surface area contributed by atoms with Crippen molar-refractivity contribution in [1.29, 1.82) is 0 Å². The summed E-state index contributed by atoms with van der Waals surface area (Å²) >= 11 is 0. The number of carbonyl (C=O) groups is 1. The molecule has 1 aliphatic heterocycles. The van der Waals surface area contributed by atoms with E-state index in [2.05, 4.69) is 19.1 Å². The van der Waals surface area contributed by atoms with E-state index in [9.17, 15) is 4.79 Å². The molecule has 1 atom stereocenters. The van der Waals surface area contributed by atoms with E-state index in [4.69, 9.17) is 9.47 Å². The van der Waals surface area contributed by atoms with Crippen molar-refractivity contribution in [2.45, 2.75) is 63.9 Å². The number of benzene rings is 1. The van der Waals surface area contributed by atoms with E-state index >= 15 is 0 Å². The molecule has 1 saturated carbocycles.